The molecule has 0 radical (unpaired) electrons. The number of aliphatic hydroxyl groups excluding tert-OH is 1. The molecular formula is C24H26O4S. The van der Waals surface area contributed by atoms with Crippen LogP contribution in [0, 0.1) is 20.8 Å². The molecule has 0 aromatic heterocycles. The van der Waals surface area contributed by atoms with Crippen LogP contribution >= 0.6 is 11.8 Å². The van der Waals surface area contributed by atoms with Crippen molar-refractivity contribution in [2.24, 2.45) is 0 Å². The van der Waals surface area contributed by atoms with Crippen LogP contribution in [-0.4, -0.2) is 23.2 Å². The SMILES string of the molecule is CC(=O)c1ccc(SCCC2=CC(O)=C(c3c(C)cc(C)cc3C)COO2)cc1. The molecule has 0 aliphatic carbocycles. The van der Waals surface area contributed by atoms with Crippen LogP contribution in [0.3, 0.4) is 0 Å². The van der Waals surface area contributed by atoms with E-state index in [1.54, 1.807) is 24.8 Å². The summed E-state index contributed by atoms with van der Waals surface area (Å²) in [5.74, 6) is 1.60. The van der Waals surface area contributed by atoms with E-state index in [0.717, 1.165) is 32.9 Å². The van der Waals surface area contributed by atoms with Crippen LogP contribution in [0.2, 0.25) is 0 Å². The molecule has 1 heterocycles. The highest BCUT2D eigenvalue weighted by atomic mass is 32.2. The highest BCUT2D eigenvalue weighted by molar-refractivity contribution is 7.99. The predicted octanol–water partition coefficient (Wildman–Crippen LogP) is 6.11. The molecule has 0 saturated heterocycles. The van der Waals surface area contributed by atoms with Gasteiger partial charge in [-0.2, -0.15) is 4.89 Å². The maximum atomic E-state index is 11.4. The number of allylic oxidation sites excluding steroid dienone is 2. The van der Waals surface area contributed by atoms with Crippen LogP contribution in [-0.2, 0) is 9.78 Å². The number of aliphatic hydroxyl groups is 1. The molecule has 2 aromatic rings. The molecule has 4 nitrogen and oxygen atoms in total. The van der Waals surface area contributed by atoms with Crippen molar-refractivity contribution < 1.29 is 19.7 Å². The van der Waals surface area contributed by atoms with Crippen LogP contribution in [0.15, 0.2) is 58.9 Å². The Morgan fingerprint density at radius 3 is 2.38 bits per heavy atom. The summed E-state index contributed by atoms with van der Waals surface area (Å²) in [6.07, 6.45) is 2.27. The molecule has 0 spiro atoms. The number of Topliss-reactive ketones (excluding diaryl/α,β-unsaturated/α-hetero) is 1. The summed E-state index contributed by atoms with van der Waals surface area (Å²) in [5.41, 5.74) is 5.86. The quantitative estimate of drug-likeness (QED) is 0.354. The number of hydrogen-bond donors (Lipinski definition) is 1. The molecule has 3 rings (SSSR count). The maximum absolute atomic E-state index is 11.4. The van der Waals surface area contributed by atoms with E-state index in [1.807, 2.05) is 38.1 Å². The Hall–Kier alpha value is -2.50. The first-order valence-electron chi connectivity index (χ1n) is 9.59. The third-order valence-electron chi connectivity index (χ3n) is 4.83. The van der Waals surface area contributed by atoms with Gasteiger partial charge < -0.3 is 9.99 Å². The van der Waals surface area contributed by atoms with Gasteiger partial charge in [0, 0.05) is 34.3 Å². The smallest absolute Gasteiger partial charge is 0.159 e. The molecule has 1 aliphatic rings. The van der Waals surface area contributed by atoms with Crippen molar-refractivity contribution in [3.8, 4) is 0 Å². The van der Waals surface area contributed by atoms with E-state index in [4.69, 9.17) is 9.78 Å². The van der Waals surface area contributed by atoms with Crippen LogP contribution < -0.4 is 0 Å². The Morgan fingerprint density at radius 2 is 1.76 bits per heavy atom. The highest BCUT2D eigenvalue weighted by Crippen LogP contribution is 2.30. The molecule has 5 heteroatoms. The summed E-state index contributed by atoms with van der Waals surface area (Å²) < 4.78 is 0. The number of aryl methyl sites for hydroxylation is 3. The zero-order valence-electron chi connectivity index (χ0n) is 17.2. The summed E-state index contributed by atoms with van der Waals surface area (Å²) in [4.78, 5) is 23.3. The van der Waals surface area contributed by atoms with Gasteiger partial charge in [-0.25, -0.2) is 0 Å². The van der Waals surface area contributed by atoms with Crippen molar-refractivity contribution in [3.63, 3.8) is 0 Å². The van der Waals surface area contributed by atoms with Crippen molar-refractivity contribution in [3.05, 3.63) is 81.8 Å². The van der Waals surface area contributed by atoms with E-state index in [0.29, 0.717) is 17.7 Å². The standard InChI is InChI=1S/C24H26O4S/c1-15-11-16(2)24(17(3)12-15)22-14-27-28-20(13-23(22)26)9-10-29-21-7-5-19(6-8-21)18(4)25/h5-8,11-13,26H,9-10,14H2,1-4H3. The lowest BCUT2D eigenvalue weighted by Gasteiger charge is -2.14. The van der Waals surface area contributed by atoms with Gasteiger partial charge in [0.05, 0.1) is 0 Å². The predicted molar refractivity (Wildman–Crippen MR) is 117 cm³/mol. The largest absolute Gasteiger partial charge is 0.507 e. The fourth-order valence-corrected chi connectivity index (χ4v) is 4.39. The molecule has 0 atom stereocenters. The molecular weight excluding hydrogens is 384 g/mol. The van der Waals surface area contributed by atoms with Gasteiger partial charge in [0.2, 0.25) is 0 Å². The highest BCUT2D eigenvalue weighted by Gasteiger charge is 2.18. The average Bonchev–Trinajstić information content (AvgIpc) is 2.83. The summed E-state index contributed by atoms with van der Waals surface area (Å²) >= 11 is 1.66. The van der Waals surface area contributed by atoms with Crippen molar-refractivity contribution in [1.82, 2.24) is 0 Å². The van der Waals surface area contributed by atoms with Crippen LogP contribution in [0.5, 0.6) is 0 Å². The van der Waals surface area contributed by atoms with Crippen molar-refractivity contribution in [2.45, 2.75) is 39.0 Å². The molecule has 1 aliphatic heterocycles. The van der Waals surface area contributed by atoms with Gasteiger partial charge in [-0.15, -0.1) is 11.8 Å². The second kappa shape index (κ2) is 9.33. The molecule has 152 valence electrons. The number of carbonyl (C=O) groups excluding carboxylic acids is 1. The second-order valence-corrected chi connectivity index (χ2v) is 8.44. The minimum absolute atomic E-state index is 0.0628. The summed E-state index contributed by atoms with van der Waals surface area (Å²) in [7, 11) is 0. The number of ketones is 1. The monoisotopic (exact) mass is 410 g/mol. The van der Waals surface area contributed by atoms with Gasteiger partial charge in [-0.05, 0) is 56.5 Å². The van der Waals surface area contributed by atoms with Crippen molar-refractivity contribution in [1.29, 1.82) is 0 Å². The van der Waals surface area contributed by atoms with E-state index in [2.05, 4.69) is 19.1 Å². The second-order valence-electron chi connectivity index (χ2n) is 7.27. The Kier molecular flexibility index (Phi) is 6.83. The molecule has 1 N–H and O–H groups in total. The lowest BCUT2D eigenvalue weighted by Crippen LogP contribution is -2.03. The number of thioether (sulfide) groups is 1. The molecule has 0 amide bonds. The zero-order valence-corrected chi connectivity index (χ0v) is 18.1. The number of hydrogen-bond acceptors (Lipinski definition) is 5. The fraction of sp³-hybridized carbons (Fsp3) is 0.292. The normalized spacial score (nSPS) is 14.3. The third-order valence-corrected chi connectivity index (χ3v) is 5.85. The van der Waals surface area contributed by atoms with Crippen LogP contribution in [0.1, 0.15) is 46.0 Å². The van der Waals surface area contributed by atoms with E-state index in [1.165, 1.54) is 5.56 Å². The molecule has 0 unspecified atom stereocenters. The average molecular weight is 411 g/mol. The summed E-state index contributed by atoms with van der Waals surface area (Å²) in [5, 5.41) is 10.7. The molecule has 0 fully saturated rings. The molecule has 0 bridgehead atoms. The van der Waals surface area contributed by atoms with Gasteiger partial charge in [0.1, 0.15) is 18.1 Å². The van der Waals surface area contributed by atoms with Crippen molar-refractivity contribution in [2.75, 3.05) is 12.4 Å². The zero-order chi connectivity index (χ0) is 21.0. The first-order valence-corrected chi connectivity index (χ1v) is 10.6. The van der Waals surface area contributed by atoms with E-state index in [9.17, 15) is 9.90 Å². The minimum Gasteiger partial charge on any atom is -0.507 e. The van der Waals surface area contributed by atoms with Crippen molar-refractivity contribution >= 4 is 23.1 Å². The minimum atomic E-state index is 0.0628. The first-order chi connectivity index (χ1) is 13.8. The Morgan fingerprint density at radius 1 is 1.10 bits per heavy atom. The van der Waals surface area contributed by atoms with Gasteiger partial charge in [-0.1, -0.05) is 29.8 Å². The van der Waals surface area contributed by atoms with E-state index >= 15 is 0 Å². The summed E-state index contributed by atoms with van der Waals surface area (Å²) in [6, 6.07) is 11.8. The van der Waals surface area contributed by atoms with Gasteiger partial charge in [0.25, 0.3) is 0 Å². The lowest BCUT2D eigenvalue weighted by atomic mass is 9.93. The summed E-state index contributed by atoms with van der Waals surface area (Å²) in [6.45, 7) is 7.90. The molecule has 2 aromatic carbocycles. The third kappa shape index (κ3) is 5.31. The van der Waals surface area contributed by atoms with E-state index < -0.39 is 0 Å². The number of rotatable bonds is 6. The number of carbonyl (C=O) groups is 1. The topological polar surface area (TPSA) is 55.8 Å². The maximum Gasteiger partial charge on any atom is 0.159 e. The Bertz CT molecular complexity index is 948. The van der Waals surface area contributed by atoms with Crippen LogP contribution in [0.25, 0.3) is 5.57 Å². The Labute approximate surface area is 176 Å². The van der Waals surface area contributed by atoms with E-state index in [-0.39, 0.29) is 18.1 Å². The molecule has 29 heavy (non-hydrogen) atoms. The first kappa shape index (κ1) is 21.2. The molecule has 0 saturated carbocycles. The number of benzene rings is 2. The van der Waals surface area contributed by atoms with Crippen LogP contribution in [0.4, 0.5) is 0 Å². The fourth-order valence-electron chi connectivity index (χ4n) is 3.53. The van der Waals surface area contributed by atoms with Gasteiger partial charge in [-0.3, -0.25) is 4.79 Å². The van der Waals surface area contributed by atoms with Gasteiger partial charge in [0.15, 0.2) is 5.78 Å². The Balaban J connectivity index is 1.70. The lowest BCUT2D eigenvalue weighted by molar-refractivity contribution is -0.251. The van der Waals surface area contributed by atoms with Gasteiger partial charge >= 0.3 is 0 Å².